The van der Waals surface area contributed by atoms with E-state index in [-0.39, 0.29) is 11.5 Å². The molecule has 1 aromatic carbocycles. The van der Waals surface area contributed by atoms with Crippen molar-refractivity contribution in [2.24, 2.45) is 0 Å². The maximum atomic E-state index is 12.7. The summed E-state index contributed by atoms with van der Waals surface area (Å²) in [6.07, 6.45) is 0. The van der Waals surface area contributed by atoms with Crippen LogP contribution >= 0.6 is 0 Å². The van der Waals surface area contributed by atoms with E-state index in [0.29, 0.717) is 24.4 Å². The summed E-state index contributed by atoms with van der Waals surface area (Å²) in [6, 6.07) is 4.65. The van der Waals surface area contributed by atoms with Crippen molar-refractivity contribution in [3.05, 3.63) is 23.8 Å². The lowest BCUT2D eigenvalue weighted by molar-refractivity contribution is -0.142. The molecule has 0 saturated carbocycles. The third-order valence-corrected chi connectivity index (χ3v) is 5.71. The molecule has 1 aliphatic rings. The van der Waals surface area contributed by atoms with Gasteiger partial charge in [-0.05, 0) is 37.7 Å². The van der Waals surface area contributed by atoms with Crippen LogP contribution in [0.3, 0.4) is 0 Å². The van der Waals surface area contributed by atoms with Crippen LogP contribution < -0.4 is 4.74 Å². The number of benzene rings is 1. The van der Waals surface area contributed by atoms with Gasteiger partial charge in [0.2, 0.25) is 10.0 Å². The molecule has 1 fully saturated rings. The van der Waals surface area contributed by atoms with Crippen LogP contribution in [-0.2, 0) is 19.6 Å². The molecule has 0 radical (unpaired) electrons. The number of carbonyl (C=O) groups is 1. The molecule has 0 atom stereocenters. The van der Waals surface area contributed by atoms with Crippen molar-refractivity contribution in [1.29, 1.82) is 0 Å². The van der Waals surface area contributed by atoms with Crippen LogP contribution in [0.4, 0.5) is 0 Å². The molecule has 1 aliphatic heterocycles. The summed E-state index contributed by atoms with van der Waals surface area (Å²) in [4.78, 5) is 13.4. The predicted molar refractivity (Wildman–Crippen MR) is 84.9 cm³/mol. The fourth-order valence-corrected chi connectivity index (χ4v) is 3.83. The van der Waals surface area contributed by atoms with E-state index in [1.54, 1.807) is 19.1 Å². The molecule has 23 heavy (non-hydrogen) atoms. The largest absolute Gasteiger partial charge is 0.482 e. The van der Waals surface area contributed by atoms with Gasteiger partial charge >= 0.3 is 5.97 Å². The minimum atomic E-state index is -3.50. The Morgan fingerprint density at radius 3 is 2.43 bits per heavy atom. The van der Waals surface area contributed by atoms with E-state index >= 15 is 0 Å². The summed E-state index contributed by atoms with van der Waals surface area (Å²) in [5.74, 6) is -0.0220. The van der Waals surface area contributed by atoms with Crippen molar-refractivity contribution in [2.75, 3.05) is 46.9 Å². The molecule has 0 bridgehead atoms. The fourth-order valence-electron chi connectivity index (χ4n) is 2.32. The monoisotopic (exact) mass is 342 g/mol. The van der Waals surface area contributed by atoms with E-state index in [0.717, 1.165) is 13.1 Å². The molecule has 0 aromatic heterocycles. The summed E-state index contributed by atoms with van der Waals surface area (Å²) >= 11 is 0. The lowest BCUT2D eigenvalue weighted by Gasteiger charge is -2.31. The van der Waals surface area contributed by atoms with E-state index in [1.807, 2.05) is 7.05 Å². The average molecular weight is 342 g/mol. The molecular formula is C15H22N2O5S. The zero-order chi connectivity index (χ0) is 17.0. The molecule has 1 heterocycles. The van der Waals surface area contributed by atoms with Crippen LogP contribution in [0.5, 0.6) is 5.75 Å². The highest BCUT2D eigenvalue weighted by Gasteiger charge is 2.27. The van der Waals surface area contributed by atoms with Gasteiger partial charge in [-0.1, -0.05) is 0 Å². The van der Waals surface area contributed by atoms with Gasteiger partial charge in [-0.15, -0.1) is 0 Å². The van der Waals surface area contributed by atoms with Gasteiger partial charge in [-0.3, -0.25) is 0 Å². The number of methoxy groups -OCH3 is 1. The van der Waals surface area contributed by atoms with Crippen molar-refractivity contribution >= 4 is 16.0 Å². The Hall–Kier alpha value is -1.64. The number of carbonyl (C=O) groups excluding carboxylic acids is 1. The number of esters is 1. The van der Waals surface area contributed by atoms with Gasteiger partial charge in [0, 0.05) is 26.2 Å². The van der Waals surface area contributed by atoms with E-state index < -0.39 is 16.0 Å². The highest BCUT2D eigenvalue weighted by molar-refractivity contribution is 7.89. The Labute approximate surface area is 136 Å². The Balaban J connectivity index is 2.14. The van der Waals surface area contributed by atoms with Gasteiger partial charge in [0.25, 0.3) is 0 Å². The quantitative estimate of drug-likeness (QED) is 0.725. The Kier molecular flexibility index (Phi) is 5.61. The van der Waals surface area contributed by atoms with Crippen molar-refractivity contribution in [2.45, 2.75) is 11.8 Å². The Bertz CT molecular complexity index is 666. The van der Waals surface area contributed by atoms with Crippen molar-refractivity contribution in [3.8, 4) is 5.75 Å². The first-order valence-corrected chi connectivity index (χ1v) is 8.77. The molecule has 128 valence electrons. The fraction of sp³-hybridized carbons (Fsp3) is 0.533. The third kappa shape index (κ3) is 4.21. The highest BCUT2D eigenvalue weighted by atomic mass is 32.2. The number of hydrogen-bond acceptors (Lipinski definition) is 6. The zero-order valence-electron chi connectivity index (χ0n) is 13.6. The molecule has 1 saturated heterocycles. The van der Waals surface area contributed by atoms with E-state index in [2.05, 4.69) is 9.64 Å². The summed E-state index contributed by atoms with van der Waals surface area (Å²) in [6.45, 7) is 3.95. The normalized spacial score (nSPS) is 17.0. The van der Waals surface area contributed by atoms with Crippen molar-refractivity contribution in [3.63, 3.8) is 0 Å². The summed E-state index contributed by atoms with van der Waals surface area (Å²) in [5.41, 5.74) is 0.657. The van der Waals surface area contributed by atoms with Crippen LogP contribution in [0.2, 0.25) is 0 Å². The summed E-state index contributed by atoms with van der Waals surface area (Å²) in [7, 11) is -0.245. The standard InChI is InChI=1S/C15H22N2O5S/c1-12-10-13(4-5-14(12)22-11-15(18)21-3)23(19,20)17-8-6-16(2)7-9-17/h4-5,10H,6-9,11H2,1-3H3. The van der Waals surface area contributed by atoms with Crippen LogP contribution in [0.15, 0.2) is 23.1 Å². The average Bonchev–Trinajstić information content (AvgIpc) is 2.53. The van der Waals surface area contributed by atoms with Gasteiger partial charge in [0.05, 0.1) is 12.0 Å². The molecule has 8 heteroatoms. The topological polar surface area (TPSA) is 76.1 Å². The molecule has 7 nitrogen and oxygen atoms in total. The van der Waals surface area contributed by atoms with Gasteiger partial charge in [-0.25, -0.2) is 13.2 Å². The number of piperazine rings is 1. The Morgan fingerprint density at radius 1 is 1.22 bits per heavy atom. The molecule has 1 aromatic rings. The molecule has 0 aliphatic carbocycles. The molecule has 0 unspecified atom stereocenters. The number of nitrogens with zero attached hydrogens (tertiary/aromatic N) is 2. The summed E-state index contributed by atoms with van der Waals surface area (Å²) < 4.78 is 36.7. The predicted octanol–water partition coefficient (Wildman–Crippen LogP) is 0.483. The number of sulfonamides is 1. The third-order valence-electron chi connectivity index (χ3n) is 3.82. The van der Waals surface area contributed by atoms with E-state index in [4.69, 9.17) is 4.74 Å². The molecule has 2 rings (SSSR count). The number of likely N-dealkylation sites (N-methyl/N-ethyl adjacent to an activating group) is 1. The molecule has 0 spiro atoms. The van der Waals surface area contributed by atoms with Gasteiger partial charge < -0.3 is 14.4 Å². The number of aryl methyl sites for hydroxylation is 1. The smallest absolute Gasteiger partial charge is 0.343 e. The highest BCUT2D eigenvalue weighted by Crippen LogP contribution is 2.24. The minimum Gasteiger partial charge on any atom is -0.482 e. The lowest BCUT2D eigenvalue weighted by Crippen LogP contribution is -2.47. The number of rotatable bonds is 5. The van der Waals surface area contributed by atoms with Gasteiger partial charge in [0.1, 0.15) is 5.75 Å². The minimum absolute atomic E-state index is 0.206. The first kappa shape index (κ1) is 17.7. The molecular weight excluding hydrogens is 320 g/mol. The Morgan fingerprint density at radius 2 is 1.87 bits per heavy atom. The van der Waals surface area contributed by atoms with Gasteiger partial charge in [0.15, 0.2) is 6.61 Å². The second-order valence-electron chi connectivity index (χ2n) is 5.50. The van der Waals surface area contributed by atoms with E-state index in [1.165, 1.54) is 17.5 Å². The second-order valence-corrected chi connectivity index (χ2v) is 7.44. The van der Waals surface area contributed by atoms with Gasteiger partial charge in [-0.2, -0.15) is 4.31 Å². The summed E-state index contributed by atoms with van der Waals surface area (Å²) in [5, 5.41) is 0. The first-order chi connectivity index (χ1) is 10.8. The van der Waals surface area contributed by atoms with Crippen LogP contribution in [0.25, 0.3) is 0 Å². The van der Waals surface area contributed by atoms with Crippen LogP contribution in [0.1, 0.15) is 5.56 Å². The molecule has 0 N–H and O–H groups in total. The van der Waals surface area contributed by atoms with E-state index in [9.17, 15) is 13.2 Å². The number of ether oxygens (including phenoxy) is 2. The molecule has 0 amide bonds. The van der Waals surface area contributed by atoms with Crippen LogP contribution in [0, 0.1) is 6.92 Å². The maximum Gasteiger partial charge on any atom is 0.343 e. The number of hydrogen-bond donors (Lipinski definition) is 0. The van der Waals surface area contributed by atoms with Crippen LogP contribution in [-0.4, -0.2) is 70.5 Å². The first-order valence-electron chi connectivity index (χ1n) is 7.33. The lowest BCUT2D eigenvalue weighted by atomic mass is 10.2. The zero-order valence-corrected chi connectivity index (χ0v) is 14.4. The maximum absolute atomic E-state index is 12.7. The van der Waals surface area contributed by atoms with Crippen molar-refractivity contribution < 1.29 is 22.7 Å². The van der Waals surface area contributed by atoms with Crippen molar-refractivity contribution in [1.82, 2.24) is 9.21 Å². The SMILES string of the molecule is COC(=O)COc1ccc(S(=O)(=O)N2CCN(C)CC2)cc1C. The second kappa shape index (κ2) is 7.29.